The molecule has 0 saturated carbocycles. The lowest BCUT2D eigenvalue weighted by Crippen LogP contribution is -2.24. The number of benzene rings is 2. The fourth-order valence-corrected chi connectivity index (χ4v) is 2.03. The first-order valence-electron chi connectivity index (χ1n) is 7.13. The summed E-state index contributed by atoms with van der Waals surface area (Å²) < 4.78 is 24.3. The number of esters is 1. The van der Waals surface area contributed by atoms with Crippen molar-refractivity contribution in [2.24, 2.45) is 0 Å². The van der Waals surface area contributed by atoms with E-state index in [-0.39, 0.29) is 11.4 Å². The summed E-state index contributed by atoms with van der Waals surface area (Å²) in [7, 11) is 0. The topological polar surface area (TPSA) is 108 Å². The maximum Gasteiger partial charge on any atom is 0.344 e. The van der Waals surface area contributed by atoms with Gasteiger partial charge in [0.2, 0.25) is 0 Å². The Morgan fingerprint density at radius 2 is 1.85 bits per heavy atom. The Kier molecular flexibility index (Phi) is 6.61. The second kappa shape index (κ2) is 8.90. The molecule has 0 saturated heterocycles. The standard InChI is InChI=1S/C16H12BrFN2O6/c17-10-1-4-12(5-2-10)25-9-16(22)26-8-15(21)19-14-7-11(20(23)24)3-6-13(14)18/h1-7H,8-9H2,(H,19,21). The van der Waals surface area contributed by atoms with E-state index in [2.05, 4.69) is 21.2 Å². The van der Waals surface area contributed by atoms with E-state index in [1.54, 1.807) is 24.3 Å². The van der Waals surface area contributed by atoms with E-state index >= 15 is 0 Å². The highest BCUT2D eigenvalue weighted by atomic mass is 79.9. The average molecular weight is 427 g/mol. The second-order valence-electron chi connectivity index (χ2n) is 4.87. The van der Waals surface area contributed by atoms with Gasteiger partial charge >= 0.3 is 5.97 Å². The first kappa shape index (κ1) is 19.3. The molecule has 136 valence electrons. The van der Waals surface area contributed by atoms with Crippen LogP contribution in [0.5, 0.6) is 5.75 Å². The van der Waals surface area contributed by atoms with Gasteiger partial charge in [-0.05, 0) is 30.3 Å². The molecule has 2 aromatic rings. The minimum absolute atomic E-state index is 0.383. The fraction of sp³-hybridized carbons (Fsp3) is 0.125. The maximum absolute atomic E-state index is 13.6. The molecule has 1 amide bonds. The quantitative estimate of drug-likeness (QED) is 0.414. The highest BCUT2D eigenvalue weighted by Gasteiger charge is 2.14. The number of hydrogen-bond acceptors (Lipinski definition) is 6. The molecule has 0 heterocycles. The van der Waals surface area contributed by atoms with Crippen molar-refractivity contribution < 1.29 is 28.4 Å². The molecule has 0 aliphatic carbocycles. The zero-order valence-corrected chi connectivity index (χ0v) is 14.7. The number of non-ortho nitro benzene ring substituents is 1. The summed E-state index contributed by atoms with van der Waals surface area (Å²) in [5, 5.41) is 12.8. The Bertz CT molecular complexity index is 828. The van der Waals surface area contributed by atoms with Crippen LogP contribution in [0, 0.1) is 15.9 Å². The lowest BCUT2D eigenvalue weighted by atomic mass is 10.2. The van der Waals surface area contributed by atoms with Crippen LogP contribution < -0.4 is 10.1 Å². The van der Waals surface area contributed by atoms with E-state index in [1.807, 2.05) is 0 Å². The number of nitrogens with one attached hydrogen (secondary N) is 1. The van der Waals surface area contributed by atoms with Crippen molar-refractivity contribution in [1.29, 1.82) is 0 Å². The fourth-order valence-electron chi connectivity index (χ4n) is 1.77. The van der Waals surface area contributed by atoms with Crippen LogP contribution in [0.25, 0.3) is 0 Å². The molecule has 1 N–H and O–H groups in total. The number of carbonyl (C=O) groups is 2. The summed E-state index contributed by atoms with van der Waals surface area (Å²) in [6, 6.07) is 9.40. The van der Waals surface area contributed by atoms with Crippen molar-refractivity contribution in [2.75, 3.05) is 18.5 Å². The number of nitro benzene ring substituents is 1. The van der Waals surface area contributed by atoms with Crippen molar-refractivity contribution in [2.45, 2.75) is 0 Å². The molecule has 8 nitrogen and oxygen atoms in total. The minimum atomic E-state index is -0.853. The van der Waals surface area contributed by atoms with Crippen LogP contribution in [0.15, 0.2) is 46.9 Å². The molecule has 0 spiro atoms. The van der Waals surface area contributed by atoms with Gasteiger partial charge in [-0.3, -0.25) is 14.9 Å². The molecular weight excluding hydrogens is 415 g/mol. The van der Waals surface area contributed by atoms with E-state index in [9.17, 15) is 24.1 Å². The van der Waals surface area contributed by atoms with Crippen molar-refractivity contribution in [3.8, 4) is 5.75 Å². The van der Waals surface area contributed by atoms with Gasteiger partial charge in [0.25, 0.3) is 11.6 Å². The third-order valence-corrected chi connectivity index (χ3v) is 3.50. The van der Waals surface area contributed by atoms with Crippen LogP contribution in [0.1, 0.15) is 0 Å². The number of ether oxygens (including phenoxy) is 2. The molecule has 26 heavy (non-hydrogen) atoms. The number of hydrogen-bond donors (Lipinski definition) is 1. The molecule has 0 radical (unpaired) electrons. The van der Waals surface area contributed by atoms with Crippen LogP contribution >= 0.6 is 15.9 Å². The van der Waals surface area contributed by atoms with E-state index < -0.39 is 35.8 Å². The zero-order chi connectivity index (χ0) is 19.1. The van der Waals surface area contributed by atoms with Gasteiger partial charge in [-0.2, -0.15) is 0 Å². The lowest BCUT2D eigenvalue weighted by molar-refractivity contribution is -0.384. The lowest BCUT2D eigenvalue weighted by Gasteiger charge is -2.08. The molecule has 2 aromatic carbocycles. The van der Waals surface area contributed by atoms with E-state index in [1.165, 1.54) is 0 Å². The summed E-state index contributed by atoms with van der Waals surface area (Å²) >= 11 is 3.26. The van der Waals surface area contributed by atoms with Gasteiger partial charge < -0.3 is 14.8 Å². The molecule has 10 heteroatoms. The number of carbonyl (C=O) groups excluding carboxylic acids is 2. The summed E-state index contributed by atoms with van der Waals surface area (Å²) in [6.45, 7) is -1.11. The Labute approximate surface area is 155 Å². The van der Waals surface area contributed by atoms with Gasteiger partial charge in [0.15, 0.2) is 13.2 Å². The third-order valence-electron chi connectivity index (χ3n) is 2.97. The third kappa shape index (κ3) is 5.81. The van der Waals surface area contributed by atoms with E-state index in [0.717, 1.165) is 22.7 Å². The molecular formula is C16H12BrFN2O6. The van der Waals surface area contributed by atoms with E-state index in [0.29, 0.717) is 5.75 Å². The molecule has 0 aromatic heterocycles. The van der Waals surface area contributed by atoms with Gasteiger partial charge in [0, 0.05) is 16.6 Å². The molecule has 0 bridgehead atoms. The maximum atomic E-state index is 13.6. The number of anilines is 1. The molecule has 0 aliphatic rings. The van der Waals surface area contributed by atoms with Gasteiger partial charge in [-0.15, -0.1) is 0 Å². The SMILES string of the molecule is O=C(COC(=O)COc1ccc(Br)cc1)Nc1cc([N+](=O)[O-])ccc1F. The largest absolute Gasteiger partial charge is 0.482 e. The predicted octanol–water partition coefficient (Wildman–Crippen LogP) is 3.06. The van der Waals surface area contributed by atoms with Gasteiger partial charge in [0.05, 0.1) is 10.6 Å². The van der Waals surface area contributed by atoms with Crippen molar-refractivity contribution in [1.82, 2.24) is 0 Å². The smallest absolute Gasteiger partial charge is 0.344 e. The number of amides is 1. The Morgan fingerprint density at radius 3 is 2.50 bits per heavy atom. The number of nitrogens with zero attached hydrogens (tertiary/aromatic N) is 1. The van der Waals surface area contributed by atoms with Crippen molar-refractivity contribution in [3.63, 3.8) is 0 Å². The van der Waals surface area contributed by atoms with Gasteiger partial charge in [-0.1, -0.05) is 15.9 Å². The zero-order valence-electron chi connectivity index (χ0n) is 13.1. The van der Waals surface area contributed by atoms with Crippen LogP contribution in [-0.4, -0.2) is 30.0 Å². The summed E-state index contributed by atoms with van der Waals surface area (Å²) in [5.41, 5.74) is -0.770. The number of nitro groups is 1. The Morgan fingerprint density at radius 1 is 1.15 bits per heavy atom. The monoisotopic (exact) mass is 426 g/mol. The summed E-state index contributed by atoms with van der Waals surface area (Å²) in [6.07, 6.45) is 0. The number of halogens is 2. The van der Waals surface area contributed by atoms with Gasteiger partial charge in [-0.25, -0.2) is 9.18 Å². The van der Waals surface area contributed by atoms with Gasteiger partial charge in [0.1, 0.15) is 11.6 Å². The minimum Gasteiger partial charge on any atom is -0.482 e. The highest BCUT2D eigenvalue weighted by molar-refractivity contribution is 9.10. The molecule has 0 aliphatic heterocycles. The first-order chi connectivity index (χ1) is 12.3. The Hall–Kier alpha value is -3.01. The normalized spacial score (nSPS) is 10.1. The summed E-state index contributed by atoms with van der Waals surface area (Å²) in [5.74, 6) is -2.06. The number of rotatable bonds is 7. The Balaban J connectivity index is 1.81. The summed E-state index contributed by atoms with van der Waals surface area (Å²) in [4.78, 5) is 33.2. The van der Waals surface area contributed by atoms with Crippen LogP contribution in [0.3, 0.4) is 0 Å². The van der Waals surface area contributed by atoms with Crippen molar-refractivity contribution >= 4 is 39.2 Å². The highest BCUT2D eigenvalue weighted by Crippen LogP contribution is 2.21. The average Bonchev–Trinajstić information content (AvgIpc) is 2.61. The van der Waals surface area contributed by atoms with E-state index in [4.69, 9.17) is 9.47 Å². The molecule has 0 unspecified atom stereocenters. The molecule has 2 rings (SSSR count). The molecule has 0 fully saturated rings. The van der Waals surface area contributed by atoms with Crippen LogP contribution in [-0.2, 0) is 14.3 Å². The van der Waals surface area contributed by atoms with Crippen molar-refractivity contribution in [3.05, 3.63) is 62.9 Å². The first-order valence-corrected chi connectivity index (χ1v) is 7.92. The van der Waals surface area contributed by atoms with Crippen LogP contribution in [0.2, 0.25) is 0 Å². The van der Waals surface area contributed by atoms with Crippen LogP contribution in [0.4, 0.5) is 15.8 Å². The second-order valence-corrected chi connectivity index (χ2v) is 5.79. The molecule has 0 atom stereocenters. The predicted molar refractivity (Wildman–Crippen MR) is 92.3 cm³/mol.